The van der Waals surface area contributed by atoms with Gasteiger partial charge < -0.3 is 10.6 Å². The Hall–Kier alpha value is -0.620. The predicted molar refractivity (Wildman–Crippen MR) is 64.8 cm³/mol. The van der Waals surface area contributed by atoms with Crippen LogP contribution in [0.5, 0.6) is 0 Å². The van der Waals surface area contributed by atoms with Crippen molar-refractivity contribution in [1.82, 2.24) is 4.90 Å². The van der Waals surface area contributed by atoms with Crippen LogP contribution in [0.15, 0.2) is 0 Å². The molecule has 0 radical (unpaired) electrons. The van der Waals surface area contributed by atoms with E-state index in [9.17, 15) is 13.2 Å². The highest BCUT2D eigenvalue weighted by Crippen LogP contribution is 2.18. The van der Waals surface area contributed by atoms with Crippen LogP contribution in [-0.4, -0.2) is 50.9 Å². The summed E-state index contributed by atoms with van der Waals surface area (Å²) >= 11 is 0. The average molecular weight is 250 g/mol. The van der Waals surface area contributed by atoms with Crippen molar-refractivity contribution in [2.75, 3.05) is 25.6 Å². The first-order valence-electron chi connectivity index (χ1n) is 5.13. The Bertz CT molecular complexity index is 344. The molecule has 6 heteroatoms. The third-order valence-corrected chi connectivity index (χ3v) is 3.30. The monoisotopic (exact) mass is 250 g/mol. The van der Waals surface area contributed by atoms with Crippen molar-refractivity contribution in [2.45, 2.75) is 26.8 Å². The van der Waals surface area contributed by atoms with Gasteiger partial charge in [-0.3, -0.25) is 4.79 Å². The zero-order valence-corrected chi connectivity index (χ0v) is 11.5. The van der Waals surface area contributed by atoms with Gasteiger partial charge in [0, 0.05) is 19.8 Å². The van der Waals surface area contributed by atoms with Crippen LogP contribution in [0.3, 0.4) is 0 Å². The van der Waals surface area contributed by atoms with Gasteiger partial charge >= 0.3 is 0 Å². The van der Waals surface area contributed by atoms with Gasteiger partial charge in [-0.05, 0) is 5.41 Å². The van der Waals surface area contributed by atoms with Gasteiger partial charge in [-0.2, -0.15) is 0 Å². The van der Waals surface area contributed by atoms with E-state index >= 15 is 0 Å². The number of rotatable bonds is 4. The van der Waals surface area contributed by atoms with Crippen molar-refractivity contribution in [3.8, 4) is 0 Å². The number of carbonyl (C=O) groups is 1. The van der Waals surface area contributed by atoms with Gasteiger partial charge in [0.2, 0.25) is 5.91 Å². The molecule has 0 aliphatic rings. The fourth-order valence-electron chi connectivity index (χ4n) is 1.02. The highest BCUT2D eigenvalue weighted by Gasteiger charge is 2.29. The van der Waals surface area contributed by atoms with Crippen LogP contribution in [0.25, 0.3) is 0 Å². The van der Waals surface area contributed by atoms with Crippen molar-refractivity contribution >= 4 is 15.7 Å². The Morgan fingerprint density at radius 1 is 1.38 bits per heavy atom. The molecule has 1 atom stereocenters. The van der Waals surface area contributed by atoms with Crippen LogP contribution < -0.4 is 5.73 Å². The molecule has 5 nitrogen and oxygen atoms in total. The molecule has 0 saturated heterocycles. The minimum absolute atomic E-state index is 0.0356. The lowest BCUT2D eigenvalue weighted by Crippen LogP contribution is -2.50. The first kappa shape index (κ1) is 15.4. The molecule has 0 aliphatic heterocycles. The van der Waals surface area contributed by atoms with E-state index in [1.807, 2.05) is 20.8 Å². The molecular formula is C10H22N2O3S. The maximum absolute atomic E-state index is 11.8. The van der Waals surface area contributed by atoms with Crippen molar-refractivity contribution in [1.29, 1.82) is 0 Å². The van der Waals surface area contributed by atoms with Crippen LogP contribution in [0, 0.1) is 5.41 Å². The highest BCUT2D eigenvalue weighted by atomic mass is 32.2. The molecule has 0 saturated carbocycles. The fraction of sp³-hybridized carbons (Fsp3) is 0.900. The molecule has 96 valence electrons. The van der Waals surface area contributed by atoms with E-state index in [1.54, 1.807) is 7.05 Å². The van der Waals surface area contributed by atoms with Crippen LogP contribution >= 0.6 is 0 Å². The summed E-state index contributed by atoms with van der Waals surface area (Å²) < 4.78 is 21.9. The standard InChI is InChI=1S/C10H22N2O3S/c1-10(2,3)8(11)9(13)12(4)6-7-16(5,14)15/h8H,6-7,11H2,1-5H3/t8-/m1/s1. The molecule has 0 spiro atoms. The zero-order chi connectivity index (χ0) is 13.1. The molecule has 0 aliphatic carbocycles. The Morgan fingerprint density at radius 2 is 1.81 bits per heavy atom. The summed E-state index contributed by atoms with van der Waals surface area (Å²) in [6.07, 6.45) is 1.15. The lowest BCUT2D eigenvalue weighted by Gasteiger charge is -2.29. The lowest BCUT2D eigenvalue weighted by atomic mass is 9.86. The van der Waals surface area contributed by atoms with Gasteiger partial charge in [-0.25, -0.2) is 8.42 Å². The molecule has 0 heterocycles. The van der Waals surface area contributed by atoms with Crippen LogP contribution in [0.2, 0.25) is 0 Å². The van der Waals surface area contributed by atoms with Crippen LogP contribution in [0.1, 0.15) is 20.8 Å². The Kier molecular flexibility index (Phi) is 4.94. The molecule has 0 aromatic carbocycles. The first-order valence-corrected chi connectivity index (χ1v) is 7.19. The minimum atomic E-state index is -3.05. The Morgan fingerprint density at radius 3 is 2.12 bits per heavy atom. The summed E-state index contributed by atoms with van der Waals surface area (Å²) in [7, 11) is -1.48. The second-order valence-corrected chi connectivity index (χ2v) is 7.49. The largest absolute Gasteiger partial charge is 0.343 e. The molecule has 0 aromatic rings. The molecule has 16 heavy (non-hydrogen) atoms. The Balaban J connectivity index is 4.41. The van der Waals surface area contributed by atoms with Crippen molar-refractivity contribution in [3.05, 3.63) is 0 Å². The molecule has 0 unspecified atom stereocenters. The normalized spacial score (nSPS) is 14.6. The second kappa shape index (κ2) is 5.14. The van der Waals surface area contributed by atoms with E-state index in [2.05, 4.69) is 0 Å². The number of likely N-dealkylation sites (N-methyl/N-ethyl adjacent to an activating group) is 1. The minimum Gasteiger partial charge on any atom is -0.343 e. The number of sulfone groups is 1. The van der Waals surface area contributed by atoms with E-state index < -0.39 is 15.9 Å². The van der Waals surface area contributed by atoms with Gasteiger partial charge in [0.15, 0.2) is 0 Å². The average Bonchev–Trinajstić information content (AvgIpc) is 2.09. The van der Waals surface area contributed by atoms with E-state index in [0.29, 0.717) is 0 Å². The number of hydrogen-bond donors (Lipinski definition) is 1. The maximum Gasteiger partial charge on any atom is 0.239 e. The van der Waals surface area contributed by atoms with Crippen LogP contribution in [-0.2, 0) is 14.6 Å². The molecule has 0 rings (SSSR count). The SMILES string of the molecule is CN(CCS(C)(=O)=O)C(=O)[C@@H](N)C(C)(C)C. The zero-order valence-electron chi connectivity index (χ0n) is 10.6. The first-order chi connectivity index (χ1) is 6.95. The summed E-state index contributed by atoms with van der Waals surface area (Å²) in [5.74, 6) is -0.261. The molecule has 1 amide bonds. The van der Waals surface area contributed by atoms with E-state index in [1.165, 1.54) is 4.90 Å². The summed E-state index contributed by atoms with van der Waals surface area (Å²) in [6.45, 7) is 5.81. The van der Waals surface area contributed by atoms with Crippen molar-refractivity contribution < 1.29 is 13.2 Å². The van der Waals surface area contributed by atoms with Crippen molar-refractivity contribution in [2.24, 2.45) is 11.1 Å². The van der Waals surface area contributed by atoms with E-state index in [0.717, 1.165) is 6.26 Å². The van der Waals surface area contributed by atoms with Gasteiger partial charge in [0.25, 0.3) is 0 Å². The second-order valence-electron chi connectivity index (χ2n) is 5.23. The quantitative estimate of drug-likeness (QED) is 0.753. The summed E-state index contributed by atoms with van der Waals surface area (Å²) in [6, 6.07) is -0.614. The van der Waals surface area contributed by atoms with E-state index in [4.69, 9.17) is 5.73 Å². The van der Waals surface area contributed by atoms with Gasteiger partial charge in [-0.1, -0.05) is 20.8 Å². The topological polar surface area (TPSA) is 80.5 Å². The number of carbonyl (C=O) groups excluding carboxylic acids is 1. The molecule has 0 fully saturated rings. The summed E-state index contributed by atoms with van der Waals surface area (Å²) in [5, 5.41) is 0. The van der Waals surface area contributed by atoms with Crippen LogP contribution in [0.4, 0.5) is 0 Å². The third-order valence-electron chi connectivity index (χ3n) is 2.37. The van der Waals surface area contributed by atoms with Gasteiger partial charge in [0.05, 0.1) is 11.8 Å². The number of amides is 1. The third kappa shape index (κ3) is 5.46. The molecule has 2 N–H and O–H groups in total. The number of nitrogens with two attached hydrogens (primary N) is 1. The lowest BCUT2D eigenvalue weighted by molar-refractivity contribution is -0.133. The van der Waals surface area contributed by atoms with E-state index in [-0.39, 0.29) is 23.6 Å². The number of nitrogens with zero attached hydrogens (tertiary/aromatic N) is 1. The molecule has 0 bridgehead atoms. The molecular weight excluding hydrogens is 228 g/mol. The maximum atomic E-state index is 11.8. The summed E-state index contributed by atoms with van der Waals surface area (Å²) in [4.78, 5) is 13.2. The predicted octanol–water partition coefficient (Wildman–Crippen LogP) is -0.137. The molecule has 0 aromatic heterocycles. The van der Waals surface area contributed by atoms with Crippen molar-refractivity contribution in [3.63, 3.8) is 0 Å². The smallest absolute Gasteiger partial charge is 0.239 e. The summed E-state index contributed by atoms with van der Waals surface area (Å²) in [5.41, 5.74) is 5.47. The van der Waals surface area contributed by atoms with Gasteiger partial charge in [0.1, 0.15) is 9.84 Å². The van der Waals surface area contributed by atoms with Gasteiger partial charge in [-0.15, -0.1) is 0 Å². The Labute approximate surface area is 97.9 Å². The number of hydrogen-bond acceptors (Lipinski definition) is 4. The highest BCUT2D eigenvalue weighted by molar-refractivity contribution is 7.90. The fourth-order valence-corrected chi connectivity index (χ4v) is 1.63.